The van der Waals surface area contributed by atoms with Crippen LogP contribution in [0.15, 0.2) is 43.6 Å². The maximum absolute atomic E-state index is 9.46. The average molecular weight is 226 g/mol. The van der Waals surface area contributed by atoms with Crippen LogP contribution in [0.5, 0.6) is 0 Å². The highest BCUT2D eigenvalue weighted by Gasteiger charge is 1.98. The van der Waals surface area contributed by atoms with Crippen LogP contribution in [-0.2, 0) is 21.0 Å². The summed E-state index contributed by atoms with van der Waals surface area (Å²) in [5, 5.41) is 3.50. The molecule has 5 heteroatoms. The topological polar surface area (TPSA) is 47.6 Å². The van der Waals surface area contributed by atoms with E-state index in [0.29, 0.717) is 0 Å². The normalized spacial score (nSPS) is 22.3. The molecule has 0 bridgehead atoms. The van der Waals surface area contributed by atoms with E-state index in [1.54, 1.807) is 10.8 Å². The van der Waals surface area contributed by atoms with Crippen molar-refractivity contribution in [2.24, 2.45) is 0 Å². The number of nitrogens with zero attached hydrogens (tertiary/aromatic N) is 2. The summed E-state index contributed by atoms with van der Waals surface area (Å²) in [7, 11) is -1.51. The minimum Gasteiger partial charge on any atom is -0.422 e. The molecule has 0 aliphatic carbocycles. The van der Waals surface area contributed by atoms with E-state index >= 15 is 0 Å². The van der Waals surface area contributed by atoms with Crippen LogP contribution in [0.25, 0.3) is 0 Å². The highest BCUT2D eigenvalue weighted by Crippen LogP contribution is 2.34. The highest BCUT2D eigenvalue weighted by atomic mass is 32.2. The molecule has 0 N–H and O–H groups in total. The number of hydrogen-bond donors (Lipinski definition) is 0. The fourth-order valence-corrected chi connectivity index (χ4v) is 4.27. The summed E-state index contributed by atoms with van der Waals surface area (Å²) in [5.41, 5.74) is 0. The summed E-state index contributed by atoms with van der Waals surface area (Å²) >= 11 is 1.45. The van der Waals surface area contributed by atoms with Crippen LogP contribution in [0.1, 0.15) is 0 Å². The molecule has 0 aromatic heterocycles. The first-order valence-corrected chi connectivity index (χ1v) is 6.87. The molecule has 0 radical (unpaired) electrons. The van der Waals surface area contributed by atoms with Crippen molar-refractivity contribution in [1.82, 2.24) is 0 Å². The van der Waals surface area contributed by atoms with Crippen LogP contribution < -0.4 is 0 Å². The third kappa shape index (κ3) is 1.85. The summed E-state index contributed by atoms with van der Waals surface area (Å²) in [6.45, 7) is 0. The molecule has 0 fully saturated rings. The Labute approximate surface area is 85.6 Å². The minimum absolute atomic E-state index is 0.753. The number of thioether (sulfide) groups is 1. The van der Waals surface area contributed by atoms with E-state index in [4.69, 9.17) is 0 Å². The molecule has 0 saturated carbocycles. The van der Waals surface area contributed by atoms with Gasteiger partial charge >= 0.3 is 0 Å². The highest BCUT2D eigenvalue weighted by molar-refractivity contribution is 8.26. The summed E-state index contributed by atoms with van der Waals surface area (Å²) in [6, 6.07) is 0. The van der Waals surface area contributed by atoms with Gasteiger partial charge in [0.2, 0.25) is 0 Å². The van der Waals surface area contributed by atoms with Crippen LogP contribution in [0, 0.1) is 9.22 Å². The van der Waals surface area contributed by atoms with Crippen LogP contribution in [0.4, 0.5) is 0 Å². The van der Waals surface area contributed by atoms with Gasteiger partial charge in [-0.2, -0.15) is 10.8 Å². The van der Waals surface area contributed by atoms with Gasteiger partial charge in [0.05, 0.1) is 0 Å². The van der Waals surface area contributed by atoms with E-state index in [9.17, 15) is 9.22 Å². The van der Waals surface area contributed by atoms with Gasteiger partial charge in [0, 0.05) is 0 Å². The lowest BCUT2D eigenvalue weighted by molar-refractivity contribution is 1.65. The lowest BCUT2D eigenvalue weighted by Gasteiger charge is -2.15. The molecule has 2 aliphatic rings. The van der Waals surface area contributed by atoms with E-state index in [-0.39, 0.29) is 0 Å². The molecule has 0 saturated heterocycles. The molecule has 0 amide bonds. The van der Waals surface area contributed by atoms with Gasteiger partial charge in [-0.05, 0) is 0 Å². The summed E-state index contributed by atoms with van der Waals surface area (Å²) in [5.74, 6) is 0. The second-order valence-electron chi connectivity index (χ2n) is 2.36. The van der Waals surface area contributed by atoms with Crippen molar-refractivity contribution in [3.05, 3.63) is 43.6 Å². The summed E-state index contributed by atoms with van der Waals surface area (Å²) < 4.78 is 20.7. The third-order valence-corrected chi connectivity index (χ3v) is 5.62. The van der Waals surface area contributed by atoms with E-state index in [1.165, 1.54) is 11.8 Å². The van der Waals surface area contributed by atoms with Gasteiger partial charge in [-0.1, -0.05) is 32.8 Å². The Bertz CT molecular complexity index is 445. The number of rotatable bonds is 2. The largest absolute Gasteiger partial charge is 0.422 e. The fraction of sp³-hybridized carbons (Fsp3) is 0. The second-order valence-corrected chi connectivity index (χ2v) is 6.64. The standard InChI is InChI=1S/C8H6N2S3/c9-12-5-1-3-7(12)11-8-4-2-6-13(8)10/h1-6H/q-2. The van der Waals surface area contributed by atoms with Gasteiger partial charge < -0.3 is 9.22 Å². The Balaban J connectivity index is 2.12. The Morgan fingerprint density at radius 3 is 1.69 bits per heavy atom. The monoisotopic (exact) mass is 226 g/mol. The van der Waals surface area contributed by atoms with E-state index in [1.807, 2.05) is 24.3 Å². The van der Waals surface area contributed by atoms with Crippen molar-refractivity contribution in [3.8, 4) is 0 Å². The van der Waals surface area contributed by atoms with Crippen molar-refractivity contribution in [1.29, 1.82) is 9.22 Å². The predicted octanol–water partition coefficient (Wildman–Crippen LogP) is 2.65. The van der Waals surface area contributed by atoms with Gasteiger partial charge in [-0.25, -0.2) is 0 Å². The zero-order valence-electron chi connectivity index (χ0n) is 6.58. The van der Waals surface area contributed by atoms with Gasteiger partial charge in [-0.3, -0.25) is 21.0 Å². The number of hydrogen-bond acceptors (Lipinski definition) is 5. The van der Waals surface area contributed by atoms with Crippen LogP contribution >= 0.6 is 11.8 Å². The van der Waals surface area contributed by atoms with E-state index < -0.39 is 21.0 Å². The van der Waals surface area contributed by atoms with Crippen LogP contribution in [-0.4, -0.2) is 0 Å². The SMILES string of the molecule is N#[S-]1C=CC=C1SC1=CC=C[S-]1#N. The molecular weight excluding hydrogens is 220 g/mol. The lowest BCUT2D eigenvalue weighted by Crippen LogP contribution is -1.81. The average Bonchev–Trinajstić information content (AvgIpc) is 2.65. The first-order valence-electron chi connectivity index (χ1n) is 3.56. The molecule has 2 nitrogen and oxygen atoms in total. The maximum atomic E-state index is 9.46. The molecule has 2 heterocycles. The summed E-state index contributed by atoms with van der Waals surface area (Å²) in [6.07, 6.45) is 7.43. The fourth-order valence-electron chi connectivity index (χ4n) is 0.911. The van der Waals surface area contributed by atoms with Crippen molar-refractivity contribution >= 4 is 32.8 Å². The van der Waals surface area contributed by atoms with Crippen LogP contribution in [0.2, 0.25) is 0 Å². The quantitative estimate of drug-likeness (QED) is 0.680. The van der Waals surface area contributed by atoms with Crippen molar-refractivity contribution < 1.29 is 0 Å². The Hall–Kier alpha value is -0.570. The zero-order chi connectivity index (χ0) is 9.26. The molecule has 68 valence electrons. The molecule has 0 unspecified atom stereocenters. The van der Waals surface area contributed by atoms with Gasteiger partial charge in [0.25, 0.3) is 0 Å². The molecule has 0 aromatic carbocycles. The molecule has 13 heavy (non-hydrogen) atoms. The predicted molar refractivity (Wildman–Crippen MR) is 60.2 cm³/mol. The molecular formula is C8H6N2S3-2. The Kier molecular flexibility index (Phi) is 2.54. The molecule has 2 rings (SSSR count). The molecule has 0 spiro atoms. The number of allylic oxidation sites excluding steroid dienone is 4. The molecule has 0 atom stereocenters. The zero-order valence-corrected chi connectivity index (χ0v) is 9.03. The van der Waals surface area contributed by atoms with Crippen molar-refractivity contribution in [2.75, 3.05) is 0 Å². The first-order chi connectivity index (χ1) is 6.27. The second kappa shape index (κ2) is 3.66. The first kappa shape index (κ1) is 9.00. The van der Waals surface area contributed by atoms with Gasteiger partial charge in [0.15, 0.2) is 0 Å². The smallest absolute Gasteiger partial charge is 0.0745 e. The third-order valence-electron chi connectivity index (χ3n) is 1.49. The summed E-state index contributed by atoms with van der Waals surface area (Å²) in [4.78, 5) is 0. The van der Waals surface area contributed by atoms with Crippen molar-refractivity contribution in [3.63, 3.8) is 0 Å². The van der Waals surface area contributed by atoms with E-state index in [2.05, 4.69) is 0 Å². The Morgan fingerprint density at radius 1 is 0.923 bits per heavy atom. The lowest BCUT2D eigenvalue weighted by atomic mass is 10.6. The molecule has 0 aromatic rings. The molecule has 2 aliphatic heterocycles. The Morgan fingerprint density at radius 2 is 1.38 bits per heavy atom. The minimum atomic E-state index is -0.753. The maximum Gasteiger partial charge on any atom is -0.0745 e. The van der Waals surface area contributed by atoms with Crippen molar-refractivity contribution in [2.45, 2.75) is 0 Å². The van der Waals surface area contributed by atoms with Gasteiger partial charge in [-0.15, -0.1) is 11.8 Å². The van der Waals surface area contributed by atoms with Crippen LogP contribution in [0.3, 0.4) is 0 Å². The van der Waals surface area contributed by atoms with E-state index in [0.717, 1.165) is 8.47 Å². The van der Waals surface area contributed by atoms with Gasteiger partial charge in [0.1, 0.15) is 0 Å².